The fraction of sp³-hybridized carbons (Fsp3) is 0.452. The number of nitrogens with two attached hydrogens (primary N) is 1. The number of likely N-dealkylation sites (N-methyl/N-ethyl adjacent to an activating group) is 1. The summed E-state index contributed by atoms with van der Waals surface area (Å²) in [4.78, 5) is 154. The highest BCUT2D eigenvalue weighted by atomic mass is 127. The quantitative estimate of drug-likeness (QED) is 0.0159. The van der Waals surface area contributed by atoms with Gasteiger partial charge in [-0.3, -0.25) is 77.7 Å². The number of guanidine groups is 1. The number of nitrogens with zero attached hydrogens (tertiary/aromatic N) is 5. The summed E-state index contributed by atoms with van der Waals surface area (Å²) in [6, 6.07) is 18.6. The number of fused-ring (bicyclic) bond motifs is 1. The van der Waals surface area contributed by atoms with Gasteiger partial charge in [0.05, 0.1) is 36.3 Å². The van der Waals surface area contributed by atoms with Crippen LogP contribution in [0.3, 0.4) is 0 Å². The lowest BCUT2D eigenvalue weighted by atomic mass is 10.00. The number of carbonyl (C=O) groups excluding carboxylic acids is 8. The zero-order valence-corrected chi connectivity index (χ0v) is 53.8. The fourth-order valence-corrected chi connectivity index (χ4v) is 11.2. The van der Waals surface area contributed by atoms with E-state index in [1.807, 2.05) is 65.1 Å². The Bertz CT molecular complexity index is 3290. The van der Waals surface area contributed by atoms with Crippen LogP contribution >= 0.6 is 22.6 Å². The maximum Gasteiger partial charge on any atom is 0.317 e. The highest BCUT2D eigenvalue weighted by Gasteiger charge is 2.36. The van der Waals surface area contributed by atoms with Crippen LogP contribution in [0.15, 0.2) is 84.9 Å². The van der Waals surface area contributed by atoms with Crippen LogP contribution in [0.5, 0.6) is 5.75 Å². The number of carboxylic acids is 3. The predicted octanol–water partition coefficient (Wildman–Crippen LogP) is -1.26. The van der Waals surface area contributed by atoms with E-state index < -0.39 is 95.9 Å². The number of carboxylic acid groups (broad SMARTS) is 3. The molecule has 2 heterocycles. The first kappa shape index (κ1) is 73.0. The first-order chi connectivity index (χ1) is 44.4. The summed E-state index contributed by atoms with van der Waals surface area (Å²) in [7, 11) is 1.37. The Kier molecular flexibility index (Phi) is 28.9. The number of aliphatic carboxylic acids is 3. The largest absolute Gasteiger partial charge is 0.507 e. The maximum atomic E-state index is 14.7. The van der Waals surface area contributed by atoms with Crippen molar-refractivity contribution in [1.82, 2.24) is 61.7 Å². The molecule has 93 heavy (non-hydrogen) atoms. The van der Waals surface area contributed by atoms with E-state index in [1.165, 1.54) is 37.4 Å². The molecule has 30 nitrogen and oxygen atoms in total. The SMILES string of the molecule is CN1C(=O)[C@@H](Cc2ccc(O)c(I)c2)NC(=O)CNC(=O)[C@H](Cc2ccc3ccccc3c2)NC(=O)[C@H](CCCNC(=N)N)NC(=O)[C@H]1CCCNC(=O)c1ccc(NC(=O)CCNC(=O)CN2CCN(CC(=O)O)CCN(CC(=O)O)CCN(CC(=O)O)CC2)cc1. The molecule has 2 saturated heterocycles. The van der Waals surface area contributed by atoms with Gasteiger partial charge in [0.1, 0.15) is 29.9 Å². The van der Waals surface area contributed by atoms with E-state index in [1.54, 1.807) is 31.7 Å². The molecular weight excluding hydrogens is 1320 g/mol. The van der Waals surface area contributed by atoms with E-state index in [0.29, 0.717) is 20.4 Å². The minimum Gasteiger partial charge on any atom is -0.507 e. The van der Waals surface area contributed by atoms with Gasteiger partial charge < -0.3 is 73.6 Å². The standard InChI is InChI=1S/C62H82IN15O15/c1-74-49(9-5-19-67-57(89)42-13-15-44(16-14-42)70-51(80)18-21-66-53(82)35-75-22-24-76(36-54(83)84)26-28-78(38-56(87)88)29-27-77(25-23-75)37-55(85)86)60(92)72-46(8-4-20-68-62(64)65)59(91)73-47(32-39-10-12-41-6-2-3-7-43(41)30-39)58(90)69-34-52(81)71-48(61(74)93)33-40-11-17-50(79)45(63)31-40/h2-3,6-7,10-17,30-31,46-49,79H,4-5,8-9,18-29,32-38H2,1H3,(H,66,82)(H,67,89)(H,69,90)(H,70,80)(H,71,81)(H,72,92)(H,73,91)(H,83,84)(H,85,86)(H,87,88)(H4,64,65,68)/t46-,47-,48+,49+/m0/s1. The van der Waals surface area contributed by atoms with Gasteiger partial charge in [0.2, 0.25) is 41.4 Å². The van der Waals surface area contributed by atoms with Crippen molar-refractivity contribution in [2.75, 3.05) is 117 Å². The lowest BCUT2D eigenvalue weighted by Gasteiger charge is -2.32. The number of aromatic hydroxyl groups is 1. The minimum atomic E-state index is -1.31. The molecule has 0 aliphatic carbocycles. The predicted molar refractivity (Wildman–Crippen MR) is 350 cm³/mol. The number of amides is 8. The molecule has 4 aromatic rings. The molecule has 6 rings (SSSR count). The van der Waals surface area contributed by atoms with Gasteiger partial charge in [0, 0.05) is 110 Å². The Morgan fingerprint density at radius 2 is 1.13 bits per heavy atom. The second-order valence-corrected chi connectivity index (χ2v) is 23.9. The lowest BCUT2D eigenvalue weighted by molar-refractivity contribution is -0.142. The van der Waals surface area contributed by atoms with Crippen molar-refractivity contribution in [2.45, 2.75) is 69.1 Å². The Morgan fingerprint density at radius 3 is 1.72 bits per heavy atom. The van der Waals surface area contributed by atoms with Gasteiger partial charge in [-0.05, 0) is 107 Å². The number of hydrogen-bond acceptors (Lipinski definition) is 17. The summed E-state index contributed by atoms with van der Waals surface area (Å²) in [5, 5.41) is 70.0. The number of benzene rings is 4. The number of halogens is 1. The van der Waals surface area contributed by atoms with Crippen molar-refractivity contribution in [3.8, 4) is 5.75 Å². The Balaban J connectivity index is 1.09. The van der Waals surface area contributed by atoms with E-state index in [-0.39, 0.29) is 160 Å². The highest BCUT2D eigenvalue weighted by molar-refractivity contribution is 14.1. The third kappa shape index (κ3) is 25.2. The van der Waals surface area contributed by atoms with Gasteiger partial charge in [-0.1, -0.05) is 48.5 Å². The van der Waals surface area contributed by atoms with Gasteiger partial charge in [0.15, 0.2) is 5.96 Å². The molecule has 0 spiro atoms. The average Bonchev–Trinajstić information content (AvgIpc) is 2.09. The number of phenolic OH excluding ortho intramolecular Hbond substituents is 1. The summed E-state index contributed by atoms with van der Waals surface area (Å²) >= 11 is 1.93. The molecule has 0 aromatic heterocycles. The second kappa shape index (κ2) is 36.9. The molecule has 8 amide bonds. The first-order valence-electron chi connectivity index (χ1n) is 30.4. The molecule has 4 aromatic carbocycles. The van der Waals surface area contributed by atoms with E-state index in [4.69, 9.17) is 11.1 Å². The van der Waals surface area contributed by atoms with Crippen molar-refractivity contribution in [3.63, 3.8) is 0 Å². The number of nitrogens with one attached hydrogen (secondary N) is 9. The molecule has 31 heteroatoms. The maximum absolute atomic E-state index is 14.7. The van der Waals surface area contributed by atoms with Crippen LogP contribution in [-0.4, -0.2) is 252 Å². The first-order valence-corrected chi connectivity index (χ1v) is 31.4. The minimum absolute atomic E-state index is 0.00641. The topological polar surface area (TPSA) is 431 Å². The molecule has 0 bridgehead atoms. The number of carbonyl (C=O) groups is 11. The van der Waals surface area contributed by atoms with Crippen molar-refractivity contribution >= 4 is 110 Å². The second-order valence-electron chi connectivity index (χ2n) is 22.7. The number of hydrogen-bond donors (Lipinski definition) is 14. The van der Waals surface area contributed by atoms with Crippen molar-refractivity contribution in [1.29, 1.82) is 5.41 Å². The Labute approximate surface area is 550 Å². The van der Waals surface area contributed by atoms with Crippen LogP contribution in [0.2, 0.25) is 0 Å². The van der Waals surface area contributed by atoms with Gasteiger partial charge in [0.25, 0.3) is 5.91 Å². The smallest absolute Gasteiger partial charge is 0.317 e. The number of anilines is 1. The molecule has 2 aliphatic rings. The molecule has 0 saturated carbocycles. The molecule has 2 fully saturated rings. The van der Waals surface area contributed by atoms with Gasteiger partial charge in [-0.15, -0.1) is 0 Å². The molecular formula is C62H82IN15O15. The summed E-state index contributed by atoms with van der Waals surface area (Å²) in [5.74, 6) is -8.64. The Morgan fingerprint density at radius 1 is 0.591 bits per heavy atom. The van der Waals surface area contributed by atoms with Gasteiger partial charge in [-0.25, -0.2) is 0 Å². The molecule has 2 aliphatic heterocycles. The van der Waals surface area contributed by atoms with Gasteiger partial charge in [-0.2, -0.15) is 0 Å². The van der Waals surface area contributed by atoms with Crippen molar-refractivity contribution < 1.29 is 73.2 Å². The van der Waals surface area contributed by atoms with Crippen LogP contribution in [0.25, 0.3) is 10.8 Å². The molecule has 4 atom stereocenters. The zero-order valence-electron chi connectivity index (χ0n) is 51.6. The Hall–Kier alpha value is -9.05. The monoisotopic (exact) mass is 1400 g/mol. The van der Waals surface area contributed by atoms with E-state index in [0.717, 1.165) is 15.7 Å². The van der Waals surface area contributed by atoms with Crippen LogP contribution in [0.1, 0.15) is 53.6 Å². The fourth-order valence-electron chi connectivity index (χ4n) is 10.6. The normalized spacial score (nSPS) is 19.0. The van der Waals surface area contributed by atoms with Crippen LogP contribution in [0, 0.1) is 8.98 Å². The molecule has 15 N–H and O–H groups in total. The highest BCUT2D eigenvalue weighted by Crippen LogP contribution is 2.23. The van der Waals surface area contributed by atoms with E-state index >= 15 is 0 Å². The van der Waals surface area contributed by atoms with Gasteiger partial charge >= 0.3 is 17.9 Å². The molecule has 0 radical (unpaired) electrons. The van der Waals surface area contributed by atoms with Crippen LogP contribution in [0.4, 0.5) is 5.69 Å². The summed E-state index contributed by atoms with van der Waals surface area (Å²) < 4.78 is 0.471. The van der Waals surface area contributed by atoms with Crippen LogP contribution < -0.4 is 48.3 Å². The molecule has 0 unspecified atom stereocenters. The summed E-state index contributed by atoms with van der Waals surface area (Å²) in [6.45, 7) is 0.174. The average molecular weight is 1400 g/mol. The van der Waals surface area contributed by atoms with E-state index in [2.05, 4.69) is 42.5 Å². The third-order valence-electron chi connectivity index (χ3n) is 15.5. The molecule has 502 valence electrons. The summed E-state index contributed by atoms with van der Waals surface area (Å²) in [6.07, 6.45) is 0.0104. The van der Waals surface area contributed by atoms with E-state index in [9.17, 15) is 73.2 Å². The summed E-state index contributed by atoms with van der Waals surface area (Å²) in [5.41, 5.74) is 7.31. The number of phenols is 1. The van der Waals surface area contributed by atoms with Crippen LogP contribution in [-0.2, 0) is 60.8 Å². The third-order valence-corrected chi connectivity index (χ3v) is 16.4. The number of rotatable bonds is 25. The van der Waals surface area contributed by atoms with Crippen molar-refractivity contribution in [2.24, 2.45) is 5.73 Å². The zero-order chi connectivity index (χ0) is 67.6. The van der Waals surface area contributed by atoms with Crippen molar-refractivity contribution in [3.05, 3.63) is 105 Å². The lowest BCUT2D eigenvalue weighted by Crippen LogP contribution is -2.58.